The second-order valence-corrected chi connectivity index (χ2v) is 6.18. The molecule has 0 unspecified atom stereocenters. The molecule has 0 radical (unpaired) electrons. The molecule has 0 aromatic rings. The van der Waals surface area contributed by atoms with Crippen LogP contribution in [0.2, 0.25) is 0 Å². The van der Waals surface area contributed by atoms with Gasteiger partial charge in [-0.1, -0.05) is 24.7 Å². The van der Waals surface area contributed by atoms with Crippen LogP contribution in [-0.2, 0) is 19.1 Å². The minimum atomic E-state index is -1.03. The molecule has 118 valence electrons. The van der Waals surface area contributed by atoms with Crippen LogP contribution in [-0.4, -0.2) is 23.1 Å². The fourth-order valence-corrected chi connectivity index (χ4v) is 3.24. The Balaban J connectivity index is 1.98. The van der Waals surface area contributed by atoms with Crippen LogP contribution in [0.15, 0.2) is 0 Å². The first-order valence-corrected chi connectivity index (χ1v) is 7.97. The number of esters is 2. The molecule has 2 aliphatic rings. The van der Waals surface area contributed by atoms with Gasteiger partial charge < -0.3 is 9.47 Å². The van der Waals surface area contributed by atoms with E-state index in [-0.39, 0.29) is 0 Å². The van der Waals surface area contributed by atoms with Gasteiger partial charge in [0.15, 0.2) is 11.2 Å². The molecular formula is C18H22O4. The Morgan fingerprint density at radius 2 is 1.00 bits per heavy atom. The van der Waals surface area contributed by atoms with Crippen LogP contribution in [0.25, 0.3) is 0 Å². The van der Waals surface area contributed by atoms with Crippen LogP contribution in [0.1, 0.15) is 64.2 Å². The minimum absolute atomic E-state index is 0.586. The number of carbonyl (C=O) groups is 2. The lowest BCUT2D eigenvalue weighted by molar-refractivity contribution is -0.182. The summed E-state index contributed by atoms with van der Waals surface area (Å²) >= 11 is 0. The molecule has 4 nitrogen and oxygen atoms in total. The zero-order valence-electron chi connectivity index (χ0n) is 12.9. The lowest BCUT2D eigenvalue weighted by Crippen LogP contribution is -2.42. The van der Waals surface area contributed by atoms with E-state index in [9.17, 15) is 9.59 Å². The molecule has 2 aliphatic carbocycles. The Kier molecular flexibility index (Phi) is 5.14. The summed E-state index contributed by atoms with van der Waals surface area (Å²) in [5.74, 6) is 3.02. The van der Waals surface area contributed by atoms with Gasteiger partial charge in [-0.2, -0.15) is 0 Å². The Morgan fingerprint density at radius 1 is 0.682 bits per heavy atom. The van der Waals surface area contributed by atoms with E-state index in [0.29, 0.717) is 25.7 Å². The van der Waals surface area contributed by atoms with Crippen molar-refractivity contribution in [3.05, 3.63) is 0 Å². The van der Waals surface area contributed by atoms with E-state index in [2.05, 4.69) is 11.8 Å². The molecule has 0 bridgehead atoms. The van der Waals surface area contributed by atoms with Crippen LogP contribution < -0.4 is 0 Å². The van der Waals surface area contributed by atoms with Crippen LogP contribution >= 0.6 is 0 Å². The molecule has 2 saturated carbocycles. The lowest BCUT2D eigenvalue weighted by Gasteiger charge is -2.33. The molecule has 0 aromatic carbocycles. The zero-order chi connectivity index (χ0) is 16.1. The van der Waals surface area contributed by atoms with Crippen molar-refractivity contribution in [2.24, 2.45) is 0 Å². The van der Waals surface area contributed by atoms with Gasteiger partial charge in [0.2, 0.25) is 0 Å². The summed E-state index contributed by atoms with van der Waals surface area (Å²) in [6.45, 7) is 0. The normalized spacial score (nSPS) is 22.6. The number of hydrogen-bond acceptors (Lipinski definition) is 4. The minimum Gasteiger partial charge on any atom is -0.437 e. The predicted molar refractivity (Wildman–Crippen MR) is 81.5 cm³/mol. The highest BCUT2D eigenvalue weighted by Crippen LogP contribution is 2.33. The molecular weight excluding hydrogens is 280 g/mol. The van der Waals surface area contributed by atoms with E-state index >= 15 is 0 Å². The highest BCUT2D eigenvalue weighted by atomic mass is 16.6. The Morgan fingerprint density at radius 3 is 1.27 bits per heavy atom. The van der Waals surface area contributed by atoms with Crippen molar-refractivity contribution in [3.63, 3.8) is 0 Å². The third kappa shape index (κ3) is 3.63. The Bertz CT molecular complexity index is 460. The van der Waals surface area contributed by atoms with Crippen molar-refractivity contribution in [1.29, 1.82) is 0 Å². The highest BCUT2D eigenvalue weighted by Gasteiger charge is 2.40. The van der Waals surface area contributed by atoms with Gasteiger partial charge in [-0.15, -0.1) is 12.8 Å². The largest absolute Gasteiger partial charge is 0.437 e. The summed E-state index contributed by atoms with van der Waals surface area (Å²) in [4.78, 5) is 24.1. The van der Waals surface area contributed by atoms with Crippen LogP contribution in [0.4, 0.5) is 0 Å². The quantitative estimate of drug-likeness (QED) is 0.447. The van der Waals surface area contributed by atoms with Crippen molar-refractivity contribution in [1.82, 2.24) is 0 Å². The molecule has 0 atom stereocenters. The third-order valence-electron chi connectivity index (χ3n) is 4.59. The fraction of sp³-hybridized carbons (Fsp3) is 0.667. The maximum atomic E-state index is 12.0. The van der Waals surface area contributed by atoms with Crippen molar-refractivity contribution >= 4 is 11.9 Å². The summed E-state index contributed by atoms with van der Waals surface area (Å²) in [7, 11) is 0. The predicted octanol–water partition coefficient (Wildman–Crippen LogP) is 2.75. The molecule has 0 heterocycles. The van der Waals surface area contributed by atoms with E-state index in [1.165, 1.54) is 0 Å². The molecule has 2 rings (SSSR count). The summed E-state index contributed by atoms with van der Waals surface area (Å²) < 4.78 is 10.6. The van der Waals surface area contributed by atoms with E-state index in [4.69, 9.17) is 22.3 Å². The maximum Gasteiger partial charge on any atom is 0.419 e. The molecule has 0 aliphatic heterocycles. The third-order valence-corrected chi connectivity index (χ3v) is 4.59. The number of ether oxygens (including phenoxy) is 2. The SMILES string of the molecule is C#CC1(OC(=O)C(=O)OC2(C#C)CCCCC2)CCCCC1. The molecule has 0 saturated heterocycles. The number of hydrogen-bond donors (Lipinski definition) is 0. The van der Waals surface area contributed by atoms with Gasteiger partial charge in [-0.25, -0.2) is 9.59 Å². The van der Waals surface area contributed by atoms with Crippen molar-refractivity contribution < 1.29 is 19.1 Å². The second kappa shape index (κ2) is 6.88. The molecule has 4 heteroatoms. The summed E-state index contributed by atoms with van der Waals surface area (Å²) in [5.41, 5.74) is -1.94. The van der Waals surface area contributed by atoms with Gasteiger partial charge in [0.25, 0.3) is 0 Å². The maximum absolute atomic E-state index is 12.0. The molecule has 22 heavy (non-hydrogen) atoms. The summed E-state index contributed by atoms with van der Waals surface area (Å²) in [6.07, 6.45) is 19.0. The number of rotatable bonds is 2. The molecule has 0 amide bonds. The van der Waals surface area contributed by atoms with Gasteiger partial charge >= 0.3 is 11.9 Å². The summed E-state index contributed by atoms with van der Waals surface area (Å²) in [6, 6.07) is 0. The molecule has 2 fully saturated rings. The first-order valence-electron chi connectivity index (χ1n) is 7.97. The average molecular weight is 302 g/mol. The first-order chi connectivity index (χ1) is 10.5. The van der Waals surface area contributed by atoms with Gasteiger partial charge in [0.1, 0.15) is 0 Å². The highest BCUT2D eigenvalue weighted by molar-refractivity contribution is 6.30. The van der Waals surface area contributed by atoms with Crippen LogP contribution in [0.3, 0.4) is 0 Å². The van der Waals surface area contributed by atoms with Crippen molar-refractivity contribution in [2.75, 3.05) is 0 Å². The first kappa shape index (κ1) is 16.4. The fourth-order valence-electron chi connectivity index (χ4n) is 3.24. The van der Waals surface area contributed by atoms with Gasteiger partial charge in [0.05, 0.1) is 0 Å². The van der Waals surface area contributed by atoms with Gasteiger partial charge in [-0.05, 0) is 51.4 Å². The topological polar surface area (TPSA) is 52.6 Å². The van der Waals surface area contributed by atoms with Gasteiger partial charge in [0, 0.05) is 0 Å². The monoisotopic (exact) mass is 302 g/mol. The molecule has 0 spiro atoms. The Hall–Kier alpha value is -1.94. The van der Waals surface area contributed by atoms with E-state index in [0.717, 1.165) is 38.5 Å². The summed E-state index contributed by atoms with van der Waals surface area (Å²) in [5, 5.41) is 0. The number of terminal acetylenes is 2. The second-order valence-electron chi connectivity index (χ2n) is 6.18. The Labute approximate surface area is 131 Å². The zero-order valence-corrected chi connectivity index (χ0v) is 12.9. The van der Waals surface area contributed by atoms with Crippen LogP contribution in [0, 0.1) is 24.7 Å². The van der Waals surface area contributed by atoms with Gasteiger partial charge in [-0.3, -0.25) is 0 Å². The van der Waals surface area contributed by atoms with Crippen LogP contribution in [0.5, 0.6) is 0 Å². The van der Waals surface area contributed by atoms with E-state index in [1.54, 1.807) is 0 Å². The van der Waals surface area contributed by atoms with E-state index < -0.39 is 23.1 Å². The van der Waals surface area contributed by atoms with Crippen molar-refractivity contribution in [2.45, 2.75) is 75.4 Å². The molecule has 0 N–H and O–H groups in total. The van der Waals surface area contributed by atoms with Crippen molar-refractivity contribution in [3.8, 4) is 24.7 Å². The average Bonchev–Trinajstić information content (AvgIpc) is 2.56. The van der Waals surface area contributed by atoms with E-state index in [1.807, 2.05) is 0 Å². The number of carbonyl (C=O) groups excluding carboxylic acids is 2. The lowest BCUT2D eigenvalue weighted by atomic mass is 9.85. The molecule has 0 aromatic heterocycles. The smallest absolute Gasteiger partial charge is 0.419 e. The standard InChI is InChI=1S/C18H22O4/c1-3-17(11-7-5-8-12-17)21-15(19)16(20)22-18(4-2)13-9-6-10-14-18/h1-2H,5-14H2.